The van der Waals surface area contributed by atoms with Gasteiger partial charge in [0.05, 0.1) is 4.91 Å². The SMILES string of the molecule is C=CCN1C(=O)/C(=C/c2ccccc2Cl)S/C1=N/c1ccccn1. The molecule has 1 fully saturated rings. The number of halogens is 1. The van der Waals surface area contributed by atoms with E-state index in [9.17, 15) is 4.79 Å². The minimum atomic E-state index is -0.116. The van der Waals surface area contributed by atoms with Gasteiger partial charge in [0.2, 0.25) is 0 Å². The number of aliphatic imine (C=N–C) groups is 1. The lowest BCUT2D eigenvalue weighted by atomic mass is 10.2. The van der Waals surface area contributed by atoms with E-state index in [-0.39, 0.29) is 5.91 Å². The van der Waals surface area contributed by atoms with E-state index in [1.165, 1.54) is 11.8 Å². The summed E-state index contributed by atoms with van der Waals surface area (Å²) >= 11 is 7.49. The first-order valence-corrected chi connectivity index (χ1v) is 8.45. The third kappa shape index (κ3) is 3.58. The molecule has 6 heteroatoms. The van der Waals surface area contributed by atoms with Crippen molar-refractivity contribution in [1.29, 1.82) is 0 Å². The molecule has 24 heavy (non-hydrogen) atoms. The van der Waals surface area contributed by atoms with Gasteiger partial charge in [0, 0.05) is 17.8 Å². The highest BCUT2D eigenvalue weighted by Crippen LogP contribution is 2.34. The fraction of sp³-hybridized carbons (Fsp3) is 0.0556. The lowest BCUT2D eigenvalue weighted by Gasteiger charge is -2.12. The van der Waals surface area contributed by atoms with Gasteiger partial charge in [-0.25, -0.2) is 9.98 Å². The average molecular weight is 356 g/mol. The van der Waals surface area contributed by atoms with Crippen molar-refractivity contribution in [2.45, 2.75) is 0 Å². The largest absolute Gasteiger partial charge is 0.282 e. The molecule has 0 bridgehead atoms. The van der Waals surface area contributed by atoms with Gasteiger partial charge in [-0.05, 0) is 41.6 Å². The third-order valence-electron chi connectivity index (χ3n) is 3.25. The number of thioether (sulfide) groups is 1. The second kappa shape index (κ2) is 7.47. The molecule has 2 heterocycles. The molecule has 0 atom stereocenters. The Bertz CT molecular complexity index is 833. The van der Waals surface area contributed by atoms with Crippen molar-refractivity contribution in [2.24, 2.45) is 4.99 Å². The van der Waals surface area contributed by atoms with E-state index in [4.69, 9.17) is 11.6 Å². The van der Waals surface area contributed by atoms with Gasteiger partial charge in [-0.2, -0.15) is 0 Å². The number of nitrogens with zero attached hydrogens (tertiary/aromatic N) is 3. The first-order valence-electron chi connectivity index (χ1n) is 7.25. The molecule has 1 saturated heterocycles. The van der Waals surface area contributed by atoms with Gasteiger partial charge in [0.25, 0.3) is 5.91 Å². The topological polar surface area (TPSA) is 45.6 Å². The van der Waals surface area contributed by atoms with Gasteiger partial charge in [0.15, 0.2) is 11.0 Å². The standard InChI is InChI=1S/C18H14ClN3OS/c1-2-11-22-17(23)15(12-13-7-3-4-8-14(13)19)24-18(22)21-16-9-5-6-10-20-16/h2-10,12H,1,11H2/b15-12-,21-18+. The summed E-state index contributed by atoms with van der Waals surface area (Å²) in [5.41, 5.74) is 0.799. The highest BCUT2D eigenvalue weighted by atomic mass is 35.5. The number of pyridine rings is 1. The van der Waals surface area contributed by atoms with Gasteiger partial charge in [-0.3, -0.25) is 9.69 Å². The number of amidine groups is 1. The predicted molar refractivity (Wildman–Crippen MR) is 100 cm³/mol. The van der Waals surface area contributed by atoms with Crippen LogP contribution in [0, 0.1) is 0 Å². The number of rotatable bonds is 4. The Morgan fingerprint density at radius 1 is 1.25 bits per heavy atom. The van der Waals surface area contributed by atoms with Crippen molar-refractivity contribution in [3.05, 3.63) is 76.8 Å². The summed E-state index contributed by atoms with van der Waals surface area (Å²) in [5.74, 6) is 0.440. The molecule has 1 aliphatic rings. The third-order valence-corrected chi connectivity index (χ3v) is 4.60. The van der Waals surface area contributed by atoms with Crippen molar-refractivity contribution >= 4 is 46.3 Å². The Hall–Kier alpha value is -2.37. The number of carbonyl (C=O) groups excluding carboxylic acids is 1. The molecule has 0 spiro atoms. The monoisotopic (exact) mass is 355 g/mol. The van der Waals surface area contributed by atoms with E-state index in [2.05, 4.69) is 16.6 Å². The summed E-state index contributed by atoms with van der Waals surface area (Å²) in [5, 5.41) is 1.18. The molecule has 3 rings (SSSR count). The van der Waals surface area contributed by atoms with Gasteiger partial charge in [-0.1, -0.05) is 41.9 Å². The highest BCUT2D eigenvalue weighted by Gasteiger charge is 2.32. The summed E-state index contributed by atoms with van der Waals surface area (Å²) in [6.07, 6.45) is 5.12. The van der Waals surface area contributed by atoms with Gasteiger partial charge >= 0.3 is 0 Å². The van der Waals surface area contributed by atoms with Crippen LogP contribution in [0.5, 0.6) is 0 Å². The van der Waals surface area contributed by atoms with Crippen LogP contribution in [0.3, 0.4) is 0 Å². The van der Waals surface area contributed by atoms with Crippen molar-refractivity contribution < 1.29 is 4.79 Å². The number of aromatic nitrogens is 1. The summed E-state index contributed by atoms with van der Waals surface area (Å²) in [7, 11) is 0. The molecule has 0 radical (unpaired) electrons. The van der Waals surface area contributed by atoms with Crippen LogP contribution in [-0.4, -0.2) is 27.5 Å². The Morgan fingerprint density at radius 2 is 2.04 bits per heavy atom. The van der Waals surface area contributed by atoms with E-state index >= 15 is 0 Å². The van der Waals surface area contributed by atoms with Crippen LogP contribution in [0.4, 0.5) is 5.82 Å². The highest BCUT2D eigenvalue weighted by molar-refractivity contribution is 8.18. The second-order valence-electron chi connectivity index (χ2n) is 4.92. The Morgan fingerprint density at radius 3 is 2.75 bits per heavy atom. The van der Waals surface area contributed by atoms with Crippen molar-refractivity contribution in [3.8, 4) is 0 Å². The molecule has 1 aromatic heterocycles. The first-order chi connectivity index (χ1) is 11.7. The van der Waals surface area contributed by atoms with Crippen LogP contribution < -0.4 is 0 Å². The van der Waals surface area contributed by atoms with Gasteiger partial charge in [0.1, 0.15) is 0 Å². The smallest absolute Gasteiger partial charge is 0.267 e. The Balaban J connectivity index is 1.97. The van der Waals surface area contributed by atoms with E-state index in [1.54, 1.807) is 35.4 Å². The zero-order valence-electron chi connectivity index (χ0n) is 12.7. The maximum atomic E-state index is 12.7. The predicted octanol–water partition coefficient (Wildman–Crippen LogP) is 4.53. The van der Waals surface area contributed by atoms with Crippen molar-refractivity contribution in [3.63, 3.8) is 0 Å². The first kappa shape index (κ1) is 16.5. The molecule has 0 unspecified atom stereocenters. The molecule has 120 valence electrons. The molecule has 0 saturated carbocycles. The van der Waals surface area contributed by atoms with Gasteiger partial charge < -0.3 is 0 Å². The Kier molecular flexibility index (Phi) is 5.13. The van der Waals surface area contributed by atoms with Crippen LogP contribution in [0.1, 0.15) is 5.56 Å². The molecule has 0 N–H and O–H groups in total. The van der Waals surface area contributed by atoms with Crippen molar-refractivity contribution in [2.75, 3.05) is 6.54 Å². The fourth-order valence-corrected chi connectivity index (χ4v) is 3.31. The molecule has 1 aromatic carbocycles. The zero-order valence-corrected chi connectivity index (χ0v) is 14.3. The maximum absolute atomic E-state index is 12.7. The molecule has 0 aliphatic carbocycles. The second-order valence-corrected chi connectivity index (χ2v) is 6.34. The molecule has 2 aromatic rings. The summed E-state index contributed by atoms with van der Waals surface area (Å²) in [6, 6.07) is 12.9. The number of amides is 1. The van der Waals surface area contributed by atoms with E-state index < -0.39 is 0 Å². The maximum Gasteiger partial charge on any atom is 0.267 e. The number of hydrogen-bond acceptors (Lipinski definition) is 4. The minimum Gasteiger partial charge on any atom is -0.282 e. The summed E-state index contributed by atoms with van der Waals surface area (Å²) in [6.45, 7) is 4.10. The number of benzene rings is 1. The lowest BCUT2D eigenvalue weighted by Crippen LogP contribution is -2.29. The van der Waals surface area contributed by atoms with Crippen LogP contribution >= 0.6 is 23.4 Å². The average Bonchev–Trinajstić information content (AvgIpc) is 2.87. The van der Waals surface area contributed by atoms with E-state index in [0.29, 0.717) is 27.5 Å². The fourth-order valence-electron chi connectivity index (χ4n) is 2.13. The zero-order chi connectivity index (χ0) is 16.9. The van der Waals surface area contributed by atoms with Crippen LogP contribution in [0.15, 0.2) is 71.2 Å². The van der Waals surface area contributed by atoms with Crippen LogP contribution in [-0.2, 0) is 4.79 Å². The lowest BCUT2D eigenvalue weighted by molar-refractivity contribution is -0.121. The van der Waals surface area contributed by atoms with Crippen LogP contribution in [0.25, 0.3) is 6.08 Å². The van der Waals surface area contributed by atoms with Crippen molar-refractivity contribution in [1.82, 2.24) is 9.88 Å². The normalized spacial score (nSPS) is 17.7. The van der Waals surface area contributed by atoms with Gasteiger partial charge in [-0.15, -0.1) is 6.58 Å². The Labute approximate surface area is 149 Å². The quantitative estimate of drug-likeness (QED) is 0.598. The summed E-state index contributed by atoms with van der Waals surface area (Å²) < 4.78 is 0. The molecule has 4 nitrogen and oxygen atoms in total. The number of carbonyl (C=O) groups is 1. The number of hydrogen-bond donors (Lipinski definition) is 0. The molecule has 1 aliphatic heterocycles. The molecule has 1 amide bonds. The summed E-state index contributed by atoms with van der Waals surface area (Å²) in [4.78, 5) is 23.5. The van der Waals surface area contributed by atoms with Crippen LogP contribution in [0.2, 0.25) is 5.02 Å². The van der Waals surface area contributed by atoms with E-state index in [0.717, 1.165) is 5.56 Å². The minimum absolute atomic E-state index is 0.116. The van der Waals surface area contributed by atoms with E-state index in [1.807, 2.05) is 30.3 Å². The molecular weight excluding hydrogens is 342 g/mol. The molecular formula is C18H14ClN3OS.